The van der Waals surface area contributed by atoms with Crippen LogP contribution in [0.25, 0.3) is 0 Å². The van der Waals surface area contributed by atoms with Gasteiger partial charge in [-0.05, 0) is 43.5 Å². The van der Waals surface area contributed by atoms with E-state index in [1.54, 1.807) is 21.1 Å². The number of benzene rings is 1. The minimum absolute atomic E-state index is 0.221. The molecule has 0 radical (unpaired) electrons. The first-order valence-corrected chi connectivity index (χ1v) is 6.67. The predicted octanol–water partition coefficient (Wildman–Crippen LogP) is 2.36. The van der Waals surface area contributed by atoms with Gasteiger partial charge in [0.2, 0.25) is 0 Å². The third-order valence-corrected chi connectivity index (χ3v) is 3.14. The topological polar surface area (TPSA) is 70.8 Å². The van der Waals surface area contributed by atoms with Gasteiger partial charge in [-0.25, -0.2) is 0 Å². The Hall–Kier alpha value is -1.75. The number of carbonyl (C=O) groups is 1. The Morgan fingerprint density at radius 2 is 1.85 bits per heavy atom. The number of nitrogens with two attached hydrogens (primary N) is 1. The molecule has 0 amide bonds. The molecule has 0 saturated heterocycles. The van der Waals surface area contributed by atoms with Crippen LogP contribution in [-0.4, -0.2) is 26.8 Å². The summed E-state index contributed by atoms with van der Waals surface area (Å²) in [5, 5.41) is 0. The Kier molecular flexibility index (Phi) is 6.31. The first-order valence-electron chi connectivity index (χ1n) is 6.67. The van der Waals surface area contributed by atoms with Gasteiger partial charge in [0.25, 0.3) is 0 Å². The van der Waals surface area contributed by atoms with Crippen molar-refractivity contribution in [2.75, 3.05) is 20.8 Å². The standard InChI is InChI=1S/C15H23NO4/c1-5-20-15(17)7-6-12(16)11-9-14(19-4)13(18-3)8-10(11)2/h8-9,12H,5-7,16H2,1-4H3. The summed E-state index contributed by atoms with van der Waals surface area (Å²) in [7, 11) is 3.18. The van der Waals surface area contributed by atoms with Gasteiger partial charge in [0.15, 0.2) is 11.5 Å². The van der Waals surface area contributed by atoms with E-state index in [2.05, 4.69) is 0 Å². The third-order valence-electron chi connectivity index (χ3n) is 3.14. The molecule has 1 aromatic rings. The molecule has 1 rings (SSSR count). The van der Waals surface area contributed by atoms with E-state index in [0.29, 0.717) is 30.9 Å². The summed E-state index contributed by atoms with van der Waals surface area (Å²) in [6.07, 6.45) is 0.845. The van der Waals surface area contributed by atoms with Gasteiger partial charge in [-0.15, -0.1) is 0 Å². The van der Waals surface area contributed by atoms with Crippen LogP contribution >= 0.6 is 0 Å². The molecule has 5 nitrogen and oxygen atoms in total. The first kappa shape index (κ1) is 16.3. The van der Waals surface area contributed by atoms with Crippen molar-refractivity contribution >= 4 is 5.97 Å². The van der Waals surface area contributed by atoms with Crippen LogP contribution in [0.5, 0.6) is 11.5 Å². The van der Waals surface area contributed by atoms with Crippen LogP contribution in [0.1, 0.15) is 36.9 Å². The van der Waals surface area contributed by atoms with Crippen LogP contribution in [0.4, 0.5) is 0 Å². The second kappa shape index (κ2) is 7.75. The summed E-state index contributed by atoms with van der Waals surface area (Å²) in [5.74, 6) is 1.09. The number of ether oxygens (including phenoxy) is 3. The van der Waals surface area contributed by atoms with Gasteiger partial charge in [-0.1, -0.05) is 0 Å². The Bertz CT molecular complexity index is 459. The summed E-state index contributed by atoms with van der Waals surface area (Å²) in [4.78, 5) is 11.4. The first-order chi connectivity index (χ1) is 9.53. The average molecular weight is 281 g/mol. The van der Waals surface area contributed by atoms with Crippen molar-refractivity contribution < 1.29 is 19.0 Å². The Balaban J connectivity index is 2.82. The second-order valence-corrected chi connectivity index (χ2v) is 4.51. The summed E-state index contributed by atoms with van der Waals surface area (Å²) < 4.78 is 15.4. The zero-order valence-corrected chi connectivity index (χ0v) is 12.6. The van der Waals surface area contributed by atoms with Crippen LogP contribution in [0.3, 0.4) is 0 Å². The van der Waals surface area contributed by atoms with E-state index in [9.17, 15) is 4.79 Å². The number of esters is 1. The number of methoxy groups -OCH3 is 2. The van der Waals surface area contributed by atoms with Crippen molar-refractivity contribution in [3.8, 4) is 11.5 Å². The number of rotatable bonds is 7. The molecule has 0 aliphatic carbocycles. The molecule has 0 saturated carbocycles. The maximum Gasteiger partial charge on any atom is 0.305 e. The van der Waals surface area contributed by atoms with Gasteiger partial charge in [-0.3, -0.25) is 4.79 Å². The highest BCUT2D eigenvalue weighted by molar-refractivity contribution is 5.69. The molecule has 5 heteroatoms. The minimum Gasteiger partial charge on any atom is -0.493 e. The van der Waals surface area contributed by atoms with Crippen molar-refractivity contribution in [3.63, 3.8) is 0 Å². The molecule has 0 spiro atoms. The van der Waals surface area contributed by atoms with Gasteiger partial charge in [0.1, 0.15) is 0 Å². The fourth-order valence-corrected chi connectivity index (χ4v) is 2.06. The van der Waals surface area contributed by atoms with Crippen LogP contribution in [0.2, 0.25) is 0 Å². The third kappa shape index (κ3) is 4.13. The number of hydrogen-bond acceptors (Lipinski definition) is 5. The maximum absolute atomic E-state index is 11.4. The predicted molar refractivity (Wildman–Crippen MR) is 77.1 cm³/mol. The van der Waals surface area contributed by atoms with Crippen LogP contribution < -0.4 is 15.2 Å². The van der Waals surface area contributed by atoms with Gasteiger partial charge < -0.3 is 19.9 Å². The lowest BCUT2D eigenvalue weighted by Crippen LogP contribution is -2.15. The zero-order chi connectivity index (χ0) is 15.1. The molecule has 112 valence electrons. The summed E-state index contributed by atoms with van der Waals surface area (Å²) >= 11 is 0. The molecule has 2 N–H and O–H groups in total. The Morgan fingerprint density at radius 1 is 1.25 bits per heavy atom. The molecule has 1 unspecified atom stereocenters. The molecule has 0 fully saturated rings. The normalized spacial score (nSPS) is 11.8. The molecule has 0 bridgehead atoms. The van der Waals surface area contributed by atoms with Crippen molar-refractivity contribution in [3.05, 3.63) is 23.3 Å². The second-order valence-electron chi connectivity index (χ2n) is 4.51. The van der Waals surface area contributed by atoms with Crippen molar-refractivity contribution in [2.45, 2.75) is 32.7 Å². The molecular formula is C15H23NO4. The zero-order valence-electron chi connectivity index (χ0n) is 12.6. The largest absolute Gasteiger partial charge is 0.493 e. The van der Waals surface area contributed by atoms with Crippen LogP contribution in [0.15, 0.2) is 12.1 Å². The van der Waals surface area contributed by atoms with E-state index in [-0.39, 0.29) is 12.0 Å². The van der Waals surface area contributed by atoms with E-state index < -0.39 is 0 Å². The van der Waals surface area contributed by atoms with Gasteiger partial charge in [0.05, 0.1) is 20.8 Å². The molecule has 1 atom stereocenters. The highest BCUT2D eigenvalue weighted by Gasteiger charge is 2.15. The highest BCUT2D eigenvalue weighted by atomic mass is 16.5. The van der Waals surface area contributed by atoms with Crippen molar-refractivity contribution in [1.82, 2.24) is 0 Å². The molecule has 0 heterocycles. The number of hydrogen-bond donors (Lipinski definition) is 1. The van der Waals surface area contributed by atoms with Crippen LogP contribution in [-0.2, 0) is 9.53 Å². The maximum atomic E-state index is 11.4. The lowest BCUT2D eigenvalue weighted by atomic mass is 9.97. The van der Waals surface area contributed by atoms with Gasteiger partial charge in [0, 0.05) is 12.5 Å². The monoisotopic (exact) mass is 281 g/mol. The van der Waals surface area contributed by atoms with Crippen LogP contribution in [0, 0.1) is 6.92 Å². The van der Waals surface area contributed by atoms with E-state index >= 15 is 0 Å². The number of aryl methyl sites for hydroxylation is 1. The summed E-state index contributed by atoms with van der Waals surface area (Å²) in [6.45, 7) is 4.14. The van der Waals surface area contributed by atoms with E-state index in [1.165, 1.54) is 0 Å². The summed E-state index contributed by atoms with van der Waals surface area (Å²) in [5.41, 5.74) is 8.12. The van der Waals surface area contributed by atoms with Crippen molar-refractivity contribution in [2.24, 2.45) is 5.73 Å². The lowest BCUT2D eigenvalue weighted by Gasteiger charge is -2.17. The molecule has 0 aliphatic rings. The molecular weight excluding hydrogens is 258 g/mol. The molecule has 0 aliphatic heterocycles. The smallest absolute Gasteiger partial charge is 0.305 e. The Morgan fingerprint density at radius 3 is 2.40 bits per heavy atom. The highest BCUT2D eigenvalue weighted by Crippen LogP contribution is 2.33. The average Bonchev–Trinajstić information content (AvgIpc) is 2.44. The van der Waals surface area contributed by atoms with E-state index in [4.69, 9.17) is 19.9 Å². The fourth-order valence-electron chi connectivity index (χ4n) is 2.06. The van der Waals surface area contributed by atoms with Gasteiger partial charge >= 0.3 is 5.97 Å². The molecule has 0 aromatic heterocycles. The van der Waals surface area contributed by atoms with Crippen molar-refractivity contribution in [1.29, 1.82) is 0 Å². The minimum atomic E-state index is -0.237. The lowest BCUT2D eigenvalue weighted by molar-refractivity contribution is -0.143. The van der Waals surface area contributed by atoms with Gasteiger partial charge in [-0.2, -0.15) is 0 Å². The van der Waals surface area contributed by atoms with E-state index in [1.807, 2.05) is 19.1 Å². The summed E-state index contributed by atoms with van der Waals surface area (Å²) in [6, 6.07) is 3.52. The SMILES string of the molecule is CCOC(=O)CCC(N)c1cc(OC)c(OC)cc1C. The molecule has 20 heavy (non-hydrogen) atoms. The Labute approximate surface area is 120 Å². The fraction of sp³-hybridized carbons (Fsp3) is 0.533. The van der Waals surface area contributed by atoms with E-state index in [0.717, 1.165) is 11.1 Å². The quantitative estimate of drug-likeness (QED) is 0.777. The molecule has 1 aromatic carbocycles. The number of carbonyl (C=O) groups excluding carboxylic acids is 1.